The molecule has 1 aliphatic rings. The van der Waals surface area contributed by atoms with Crippen molar-refractivity contribution in [2.24, 2.45) is 0 Å². The Kier molecular flexibility index (Phi) is 5.24. The molecule has 1 heterocycles. The minimum Gasteiger partial charge on any atom is -0.494 e. The highest BCUT2D eigenvalue weighted by Crippen LogP contribution is 2.30. The zero-order valence-electron chi connectivity index (χ0n) is 14.7. The van der Waals surface area contributed by atoms with E-state index in [0.717, 1.165) is 29.0 Å². The standard InChI is InChI=1S/C20H24N2O3/c1-3-25-19-9-8-16(12-14(19)2)21-20(24)22-11-10-15-6-4-5-7-17(15)18(22)13-23/h4-9,12,18,23H,3,10-11,13H2,1-2H3,(H,21,24). The molecular weight excluding hydrogens is 316 g/mol. The Morgan fingerprint density at radius 2 is 2.12 bits per heavy atom. The molecule has 5 nitrogen and oxygen atoms in total. The fourth-order valence-electron chi connectivity index (χ4n) is 3.33. The normalized spacial score (nSPS) is 16.3. The summed E-state index contributed by atoms with van der Waals surface area (Å²) in [5, 5.41) is 12.8. The van der Waals surface area contributed by atoms with E-state index in [4.69, 9.17) is 4.74 Å². The van der Waals surface area contributed by atoms with Crippen LogP contribution in [0.3, 0.4) is 0 Å². The highest BCUT2D eigenvalue weighted by Gasteiger charge is 2.30. The molecule has 25 heavy (non-hydrogen) atoms. The van der Waals surface area contributed by atoms with Crippen LogP contribution in [-0.2, 0) is 6.42 Å². The molecule has 0 fully saturated rings. The minimum absolute atomic E-state index is 0.0905. The second kappa shape index (κ2) is 7.57. The maximum atomic E-state index is 12.7. The van der Waals surface area contributed by atoms with Crippen molar-refractivity contribution in [1.82, 2.24) is 4.90 Å². The van der Waals surface area contributed by atoms with Gasteiger partial charge in [-0.2, -0.15) is 0 Å². The summed E-state index contributed by atoms with van der Waals surface area (Å²) in [6, 6.07) is 13.1. The molecule has 2 amide bonds. The molecular formula is C20H24N2O3. The predicted octanol–water partition coefficient (Wildman–Crippen LogP) is 3.52. The molecule has 0 saturated heterocycles. The molecule has 2 aromatic carbocycles. The van der Waals surface area contributed by atoms with E-state index < -0.39 is 0 Å². The Balaban J connectivity index is 1.76. The van der Waals surface area contributed by atoms with E-state index in [-0.39, 0.29) is 18.7 Å². The first-order chi connectivity index (χ1) is 12.1. The zero-order chi connectivity index (χ0) is 17.8. The van der Waals surface area contributed by atoms with Crippen molar-refractivity contribution in [3.63, 3.8) is 0 Å². The molecule has 1 unspecified atom stereocenters. The highest BCUT2D eigenvalue weighted by molar-refractivity contribution is 5.90. The van der Waals surface area contributed by atoms with Gasteiger partial charge in [0, 0.05) is 12.2 Å². The molecule has 2 aromatic rings. The van der Waals surface area contributed by atoms with Crippen molar-refractivity contribution in [3.8, 4) is 5.75 Å². The minimum atomic E-state index is -0.311. The largest absolute Gasteiger partial charge is 0.494 e. The number of aliphatic hydroxyl groups excluding tert-OH is 1. The number of aliphatic hydroxyl groups is 1. The van der Waals surface area contributed by atoms with Crippen molar-refractivity contribution in [2.75, 3.05) is 25.1 Å². The lowest BCUT2D eigenvalue weighted by Crippen LogP contribution is -2.43. The number of urea groups is 1. The van der Waals surface area contributed by atoms with Gasteiger partial charge in [0.05, 0.1) is 19.3 Å². The number of nitrogens with one attached hydrogen (secondary N) is 1. The summed E-state index contributed by atoms with van der Waals surface area (Å²) >= 11 is 0. The van der Waals surface area contributed by atoms with Gasteiger partial charge in [-0.3, -0.25) is 0 Å². The van der Waals surface area contributed by atoms with Gasteiger partial charge in [-0.1, -0.05) is 24.3 Å². The van der Waals surface area contributed by atoms with Gasteiger partial charge in [0.25, 0.3) is 0 Å². The molecule has 0 aromatic heterocycles. The summed E-state index contributed by atoms with van der Waals surface area (Å²) in [5.41, 5.74) is 3.92. The van der Waals surface area contributed by atoms with Crippen molar-refractivity contribution in [1.29, 1.82) is 0 Å². The van der Waals surface area contributed by atoms with E-state index in [0.29, 0.717) is 13.2 Å². The topological polar surface area (TPSA) is 61.8 Å². The van der Waals surface area contributed by atoms with Crippen LogP contribution >= 0.6 is 0 Å². The van der Waals surface area contributed by atoms with Gasteiger partial charge in [-0.05, 0) is 55.2 Å². The third-order valence-electron chi connectivity index (χ3n) is 4.57. The van der Waals surface area contributed by atoms with Gasteiger partial charge in [0.2, 0.25) is 0 Å². The molecule has 0 saturated carbocycles. The van der Waals surface area contributed by atoms with Gasteiger partial charge in [0.1, 0.15) is 5.75 Å². The number of carbonyl (C=O) groups excluding carboxylic acids is 1. The number of ether oxygens (including phenoxy) is 1. The van der Waals surface area contributed by atoms with Crippen LogP contribution in [0.2, 0.25) is 0 Å². The van der Waals surface area contributed by atoms with E-state index in [1.54, 1.807) is 4.90 Å². The number of aryl methyl sites for hydroxylation is 1. The summed E-state index contributed by atoms with van der Waals surface area (Å²) < 4.78 is 5.53. The van der Waals surface area contributed by atoms with Gasteiger partial charge in [-0.25, -0.2) is 4.79 Å². The number of fused-ring (bicyclic) bond motifs is 1. The van der Waals surface area contributed by atoms with E-state index in [1.807, 2.05) is 50.2 Å². The summed E-state index contributed by atoms with van der Waals surface area (Å²) in [4.78, 5) is 14.4. The Bertz CT molecular complexity index is 760. The molecule has 2 N–H and O–H groups in total. The van der Waals surface area contributed by atoms with Gasteiger partial charge in [0.15, 0.2) is 0 Å². The molecule has 0 bridgehead atoms. The lowest BCUT2D eigenvalue weighted by atomic mass is 9.93. The number of hydrogen-bond acceptors (Lipinski definition) is 3. The Labute approximate surface area is 148 Å². The third kappa shape index (κ3) is 3.61. The van der Waals surface area contributed by atoms with Crippen molar-refractivity contribution < 1.29 is 14.6 Å². The van der Waals surface area contributed by atoms with Crippen LogP contribution in [-0.4, -0.2) is 35.8 Å². The highest BCUT2D eigenvalue weighted by atomic mass is 16.5. The first-order valence-electron chi connectivity index (χ1n) is 8.63. The first kappa shape index (κ1) is 17.3. The Hall–Kier alpha value is -2.53. The fraction of sp³-hybridized carbons (Fsp3) is 0.350. The molecule has 132 valence electrons. The lowest BCUT2D eigenvalue weighted by molar-refractivity contribution is 0.135. The number of anilines is 1. The van der Waals surface area contributed by atoms with E-state index >= 15 is 0 Å². The molecule has 1 aliphatic heterocycles. The second-order valence-corrected chi connectivity index (χ2v) is 6.18. The number of rotatable bonds is 4. The van der Waals surface area contributed by atoms with Gasteiger partial charge < -0.3 is 20.1 Å². The molecule has 0 radical (unpaired) electrons. The zero-order valence-corrected chi connectivity index (χ0v) is 14.7. The van der Waals surface area contributed by atoms with E-state index in [1.165, 1.54) is 5.56 Å². The smallest absolute Gasteiger partial charge is 0.322 e. The van der Waals surface area contributed by atoms with Crippen LogP contribution in [0, 0.1) is 6.92 Å². The van der Waals surface area contributed by atoms with Gasteiger partial charge in [-0.15, -0.1) is 0 Å². The van der Waals surface area contributed by atoms with Crippen LogP contribution in [0.4, 0.5) is 10.5 Å². The fourth-order valence-corrected chi connectivity index (χ4v) is 3.33. The summed E-state index contributed by atoms with van der Waals surface area (Å²) in [5.74, 6) is 0.820. The maximum Gasteiger partial charge on any atom is 0.322 e. The quantitative estimate of drug-likeness (QED) is 0.895. The van der Waals surface area contributed by atoms with Crippen molar-refractivity contribution in [2.45, 2.75) is 26.3 Å². The number of hydrogen-bond donors (Lipinski definition) is 2. The SMILES string of the molecule is CCOc1ccc(NC(=O)N2CCc3ccccc3C2CO)cc1C. The third-order valence-corrected chi connectivity index (χ3v) is 4.57. The van der Waals surface area contributed by atoms with Crippen LogP contribution in [0.25, 0.3) is 0 Å². The number of benzene rings is 2. The monoisotopic (exact) mass is 340 g/mol. The summed E-state index contributed by atoms with van der Waals surface area (Å²) in [6.07, 6.45) is 0.794. The van der Waals surface area contributed by atoms with Gasteiger partial charge >= 0.3 is 6.03 Å². The Morgan fingerprint density at radius 3 is 2.84 bits per heavy atom. The summed E-state index contributed by atoms with van der Waals surface area (Å²) in [7, 11) is 0. The van der Waals surface area contributed by atoms with Crippen LogP contribution in [0.15, 0.2) is 42.5 Å². The van der Waals surface area contributed by atoms with Crippen LogP contribution in [0.1, 0.15) is 29.7 Å². The van der Waals surface area contributed by atoms with Crippen LogP contribution in [0.5, 0.6) is 5.75 Å². The van der Waals surface area contributed by atoms with Crippen molar-refractivity contribution in [3.05, 3.63) is 59.2 Å². The average Bonchev–Trinajstić information content (AvgIpc) is 2.63. The molecule has 0 aliphatic carbocycles. The number of amides is 2. The van der Waals surface area contributed by atoms with E-state index in [2.05, 4.69) is 11.4 Å². The average molecular weight is 340 g/mol. The van der Waals surface area contributed by atoms with E-state index in [9.17, 15) is 9.90 Å². The molecule has 3 rings (SSSR count). The molecule has 1 atom stereocenters. The number of nitrogens with zero attached hydrogens (tertiary/aromatic N) is 1. The molecule has 0 spiro atoms. The second-order valence-electron chi connectivity index (χ2n) is 6.18. The Morgan fingerprint density at radius 1 is 1.32 bits per heavy atom. The summed E-state index contributed by atoms with van der Waals surface area (Å²) in [6.45, 7) is 5.00. The van der Waals surface area contributed by atoms with Crippen molar-refractivity contribution >= 4 is 11.7 Å². The first-order valence-corrected chi connectivity index (χ1v) is 8.63. The molecule has 5 heteroatoms. The maximum absolute atomic E-state index is 12.7. The number of carbonyl (C=O) groups is 1. The lowest BCUT2D eigenvalue weighted by Gasteiger charge is -2.36. The predicted molar refractivity (Wildman–Crippen MR) is 98.0 cm³/mol. The van der Waals surface area contributed by atoms with Crippen LogP contribution < -0.4 is 10.1 Å².